The minimum atomic E-state index is -1.56. The number of ether oxygens (including phenoxy) is 2. The van der Waals surface area contributed by atoms with Gasteiger partial charge in [0.15, 0.2) is 6.29 Å². The first kappa shape index (κ1) is 35.9. The van der Waals surface area contributed by atoms with Crippen molar-refractivity contribution in [1.82, 2.24) is 30.9 Å². The number of aliphatic hydroxyl groups excluding tert-OH is 4. The lowest BCUT2D eigenvalue weighted by molar-refractivity contribution is -0.304. The fraction of sp³-hybridized carbons (Fsp3) is 0.760. The summed E-state index contributed by atoms with van der Waals surface area (Å²) in [4.78, 5) is 48.1. The van der Waals surface area contributed by atoms with Gasteiger partial charge in [-0.15, -0.1) is 5.10 Å². The Balaban J connectivity index is 1.77. The molecule has 1 aliphatic heterocycles. The number of aliphatic hydroxyl groups is 4. The maximum atomic E-state index is 12.7. The van der Waals surface area contributed by atoms with Gasteiger partial charge in [-0.05, 0) is 45.1 Å². The fourth-order valence-electron chi connectivity index (χ4n) is 4.34. The minimum Gasteiger partial charge on any atom is -0.394 e. The second-order valence-electron chi connectivity index (χ2n) is 10.3. The molecule has 43 heavy (non-hydrogen) atoms. The van der Waals surface area contributed by atoms with Crippen LogP contribution in [0.2, 0.25) is 0 Å². The quantitative estimate of drug-likeness (QED) is 0.0663. The summed E-state index contributed by atoms with van der Waals surface area (Å²) in [7, 11) is 0. The highest BCUT2D eigenvalue weighted by Gasteiger charge is 2.44. The number of hydrogen-bond acceptors (Lipinski definition) is 13. The van der Waals surface area contributed by atoms with E-state index in [1.54, 1.807) is 6.20 Å². The molecule has 0 aromatic carbocycles. The van der Waals surface area contributed by atoms with Gasteiger partial charge < -0.3 is 57.3 Å². The van der Waals surface area contributed by atoms with E-state index in [9.17, 15) is 39.6 Å². The monoisotopic (exact) mass is 616 g/mol. The summed E-state index contributed by atoms with van der Waals surface area (Å²) in [5.74, 6) is -2.26. The van der Waals surface area contributed by atoms with Gasteiger partial charge in [0.25, 0.3) is 0 Å². The van der Waals surface area contributed by atoms with Crippen LogP contribution >= 0.6 is 0 Å². The summed E-state index contributed by atoms with van der Waals surface area (Å²) in [5, 5.41) is 54.5. The van der Waals surface area contributed by atoms with Crippen LogP contribution in [0.5, 0.6) is 0 Å². The molecular weight excluding hydrogens is 572 g/mol. The van der Waals surface area contributed by atoms with Gasteiger partial charge in [0.1, 0.15) is 42.2 Å². The molecule has 0 spiro atoms. The highest BCUT2D eigenvalue weighted by Crippen LogP contribution is 2.22. The van der Waals surface area contributed by atoms with Crippen molar-refractivity contribution in [1.29, 1.82) is 0 Å². The number of nitrogens with two attached hydrogens (primary N) is 2. The van der Waals surface area contributed by atoms with Crippen LogP contribution in [0.1, 0.15) is 51.1 Å². The molecule has 0 unspecified atom stereocenters. The molecule has 2 heterocycles. The van der Waals surface area contributed by atoms with E-state index in [0.717, 1.165) is 0 Å². The number of carbonyl (C=O) groups is 4. The highest BCUT2D eigenvalue weighted by molar-refractivity contribution is 5.91. The molecule has 18 heteroatoms. The molecule has 0 bridgehead atoms. The summed E-state index contributed by atoms with van der Waals surface area (Å²) in [6.45, 7) is 1.03. The lowest BCUT2D eigenvalue weighted by Crippen LogP contribution is -2.59. The summed E-state index contributed by atoms with van der Waals surface area (Å²) in [6.07, 6.45) is -2.43. The smallest absolute Gasteiger partial charge is 0.243 e. The van der Waals surface area contributed by atoms with Gasteiger partial charge in [-0.1, -0.05) is 5.21 Å². The van der Waals surface area contributed by atoms with Gasteiger partial charge in [0, 0.05) is 13.5 Å². The van der Waals surface area contributed by atoms with Crippen LogP contribution in [0.15, 0.2) is 6.20 Å². The van der Waals surface area contributed by atoms with Gasteiger partial charge in [0.2, 0.25) is 23.6 Å². The molecule has 0 radical (unpaired) electrons. The average Bonchev–Trinajstić information content (AvgIpc) is 3.42. The van der Waals surface area contributed by atoms with Crippen LogP contribution in [0.3, 0.4) is 0 Å². The number of nitrogens with zero attached hydrogens (tertiary/aromatic N) is 3. The Kier molecular flexibility index (Phi) is 15.4. The Hall–Kier alpha value is -3.26. The van der Waals surface area contributed by atoms with Gasteiger partial charge in [-0.25, -0.2) is 0 Å². The van der Waals surface area contributed by atoms with Crippen molar-refractivity contribution >= 4 is 23.6 Å². The molecule has 1 saturated heterocycles. The topological polar surface area (TPSA) is 286 Å². The van der Waals surface area contributed by atoms with Crippen LogP contribution < -0.4 is 27.4 Å². The summed E-state index contributed by atoms with van der Waals surface area (Å²) in [5.41, 5.74) is 11.2. The summed E-state index contributed by atoms with van der Waals surface area (Å²) >= 11 is 0. The minimum absolute atomic E-state index is 0.130. The van der Waals surface area contributed by atoms with Gasteiger partial charge in [0.05, 0.1) is 26.0 Å². The normalized spacial score (nSPS) is 23.3. The van der Waals surface area contributed by atoms with Crippen molar-refractivity contribution in [3.05, 3.63) is 11.9 Å². The largest absolute Gasteiger partial charge is 0.394 e. The third-order valence-corrected chi connectivity index (χ3v) is 6.70. The second kappa shape index (κ2) is 18.4. The lowest BCUT2D eigenvalue weighted by Gasteiger charge is -2.39. The molecule has 7 atom stereocenters. The molecule has 0 aliphatic carbocycles. The number of amides is 4. The highest BCUT2D eigenvalue weighted by atomic mass is 16.7. The zero-order chi connectivity index (χ0) is 31.9. The predicted molar refractivity (Wildman–Crippen MR) is 147 cm³/mol. The molecule has 1 aromatic heterocycles. The van der Waals surface area contributed by atoms with E-state index in [1.165, 1.54) is 11.6 Å². The molecule has 2 rings (SSSR count). The van der Waals surface area contributed by atoms with Crippen LogP contribution in [-0.4, -0.2) is 122 Å². The average molecular weight is 617 g/mol. The number of rotatable bonds is 19. The number of nitrogens with one attached hydrogen (secondary N) is 3. The van der Waals surface area contributed by atoms with E-state index in [-0.39, 0.29) is 13.0 Å². The van der Waals surface area contributed by atoms with Crippen molar-refractivity contribution in [3.63, 3.8) is 0 Å². The second-order valence-corrected chi connectivity index (χ2v) is 10.3. The van der Waals surface area contributed by atoms with Crippen molar-refractivity contribution in [3.8, 4) is 0 Å². The van der Waals surface area contributed by atoms with Crippen molar-refractivity contribution in [2.75, 3.05) is 19.7 Å². The molecule has 1 aromatic rings. The number of aryl methyl sites for hydroxylation is 1. The van der Waals surface area contributed by atoms with Crippen molar-refractivity contribution in [2.24, 2.45) is 11.5 Å². The van der Waals surface area contributed by atoms with Crippen LogP contribution in [-0.2, 0) is 41.8 Å². The summed E-state index contributed by atoms with van der Waals surface area (Å²) in [6, 6.07) is -1.77. The molecule has 4 amide bonds. The van der Waals surface area contributed by atoms with Gasteiger partial charge in [-0.3, -0.25) is 23.9 Å². The third-order valence-electron chi connectivity index (χ3n) is 6.70. The van der Waals surface area contributed by atoms with E-state index < -0.39 is 79.6 Å². The molecule has 0 saturated carbocycles. The Morgan fingerprint density at radius 3 is 2.40 bits per heavy atom. The van der Waals surface area contributed by atoms with Crippen molar-refractivity contribution < 1.29 is 49.1 Å². The van der Waals surface area contributed by atoms with Crippen LogP contribution in [0.25, 0.3) is 0 Å². The lowest BCUT2D eigenvalue weighted by atomic mass is 9.99. The molecule has 244 valence electrons. The van der Waals surface area contributed by atoms with E-state index in [1.807, 2.05) is 0 Å². The SMILES string of the molecule is CC(=O)N[C@@H](CCCCn1cc(CO[C@H]2O[C@H](CO)[C@@H](O)[C@H](O)[C@@H]2O)nn1)C(=O)NCC(=O)N[C@@H](CCCCN)C(N)=O. The Bertz CT molecular complexity index is 1040. The van der Waals surface area contributed by atoms with E-state index in [4.69, 9.17) is 20.9 Å². The first-order valence-corrected chi connectivity index (χ1v) is 14.1. The number of carbonyl (C=O) groups excluding carboxylic acids is 4. The molecule has 11 N–H and O–H groups in total. The molecule has 1 aliphatic rings. The summed E-state index contributed by atoms with van der Waals surface area (Å²) < 4.78 is 12.3. The zero-order valence-electron chi connectivity index (χ0n) is 24.1. The molecule has 1 fully saturated rings. The fourth-order valence-corrected chi connectivity index (χ4v) is 4.34. The van der Waals surface area contributed by atoms with Gasteiger partial charge in [-0.2, -0.15) is 0 Å². The Morgan fingerprint density at radius 2 is 1.74 bits per heavy atom. The van der Waals surface area contributed by atoms with Crippen molar-refractivity contribution in [2.45, 2.75) is 101 Å². The third kappa shape index (κ3) is 12.1. The first-order chi connectivity index (χ1) is 20.5. The number of aromatic nitrogens is 3. The maximum Gasteiger partial charge on any atom is 0.243 e. The Labute approximate surface area is 248 Å². The van der Waals surface area contributed by atoms with E-state index in [2.05, 4.69) is 26.3 Å². The van der Waals surface area contributed by atoms with Gasteiger partial charge >= 0.3 is 0 Å². The number of unbranched alkanes of at least 4 members (excludes halogenated alkanes) is 2. The van der Waals surface area contributed by atoms with Crippen LogP contribution in [0.4, 0.5) is 0 Å². The zero-order valence-corrected chi connectivity index (χ0v) is 24.1. The number of primary amides is 1. The first-order valence-electron chi connectivity index (χ1n) is 14.1. The standard InChI is InChI=1S/C25H44N8O10/c1-14(35)29-17(24(41)28-10-19(36)30-16(23(27)40)6-2-4-8-26)7-3-5-9-33-11-15(31-32-33)13-42-25-22(39)21(38)20(37)18(12-34)43-25/h11,16-18,20-22,25,34,37-39H,2-10,12-13,26H2,1H3,(H2,27,40)(H,28,41)(H,29,35)(H,30,36)/t16-,17-,18+,20+,21-,22-,25-/m0/s1. The van der Waals surface area contributed by atoms with Crippen LogP contribution in [0, 0.1) is 0 Å². The molecular formula is C25H44N8O10. The Morgan fingerprint density at radius 1 is 1.05 bits per heavy atom. The van der Waals surface area contributed by atoms with E-state index in [0.29, 0.717) is 50.9 Å². The number of hydrogen-bond donors (Lipinski definition) is 9. The predicted octanol–water partition coefficient (Wildman–Crippen LogP) is -4.52. The molecule has 18 nitrogen and oxygen atoms in total. The maximum absolute atomic E-state index is 12.7. The van der Waals surface area contributed by atoms with E-state index >= 15 is 0 Å².